The van der Waals surface area contributed by atoms with Crippen molar-refractivity contribution in [1.82, 2.24) is 10.2 Å². The molecular weight excluding hydrogens is 296 g/mol. The predicted molar refractivity (Wildman–Crippen MR) is 71.8 cm³/mol. The Kier molecular flexibility index (Phi) is 4.01. The van der Waals surface area contributed by atoms with Crippen molar-refractivity contribution in [3.8, 4) is 0 Å². The number of carbonyl (C=O) groups is 2. The second-order valence-electron chi connectivity index (χ2n) is 4.35. The number of halogens is 1. The SMILES string of the molecule is CCC1NC(=O)CN(Cc2ccc(Br)cc2)C1=O. The van der Waals surface area contributed by atoms with E-state index in [2.05, 4.69) is 21.2 Å². The highest BCUT2D eigenvalue weighted by molar-refractivity contribution is 9.10. The summed E-state index contributed by atoms with van der Waals surface area (Å²) in [5, 5.41) is 2.70. The van der Waals surface area contributed by atoms with Gasteiger partial charge in [0.05, 0.1) is 6.54 Å². The number of hydrogen-bond acceptors (Lipinski definition) is 2. The molecule has 1 fully saturated rings. The molecule has 4 nitrogen and oxygen atoms in total. The Bertz CT molecular complexity index is 459. The van der Waals surface area contributed by atoms with Crippen molar-refractivity contribution in [2.24, 2.45) is 0 Å². The maximum atomic E-state index is 12.1. The third-order valence-corrected chi connectivity index (χ3v) is 3.50. The molecule has 1 aliphatic rings. The molecule has 1 heterocycles. The van der Waals surface area contributed by atoms with Gasteiger partial charge in [-0.3, -0.25) is 9.59 Å². The molecule has 1 aromatic rings. The van der Waals surface area contributed by atoms with Crippen molar-refractivity contribution in [3.05, 3.63) is 34.3 Å². The second kappa shape index (κ2) is 5.52. The van der Waals surface area contributed by atoms with Gasteiger partial charge in [-0.05, 0) is 24.1 Å². The lowest BCUT2D eigenvalue weighted by atomic mass is 10.1. The van der Waals surface area contributed by atoms with Crippen molar-refractivity contribution >= 4 is 27.7 Å². The average Bonchev–Trinajstić information content (AvgIpc) is 2.36. The molecule has 0 spiro atoms. The topological polar surface area (TPSA) is 49.4 Å². The van der Waals surface area contributed by atoms with Crippen LogP contribution in [0.25, 0.3) is 0 Å². The van der Waals surface area contributed by atoms with Crippen LogP contribution in [0.5, 0.6) is 0 Å². The third kappa shape index (κ3) is 2.90. The van der Waals surface area contributed by atoms with Crippen LogP contribution in [0.15, 0.2) is 28.7 Å². The zero-order valence-electron chi connectivity index (χ0n) is 10.1. The number of carbonyl (C=O) groups excluding carboxylic acids is 2. The molecule has 0 aromatic heterocycles. The summed E-state index contributed by atoms with van der Waals surface area (Å²) in [6.07, 6.45) is 0.626. The van der Waals surface area contributed by atoms with E-state index in [9.17, 15) is 9.59 Å². The Morgan fingerprint density at radius 3 is 2.61 bits per heavy atom. The zero-order valence-corrected chi connectivity index (χ0v) is 11.7. The van der Waals surface area contributed by atoms with E-state index in [-0.39, 0.29) is 24.4 Å². The molecule has 5 heteroatoms. The van der Waals surface area contributed by atoms with Gasteiger partial charge in [0.2, 0.25) is 11.8 Å². The van der Waals surface area contributed by atoms with E-state index in [1.54, 1.807) is 4.90 Å². The van der Waals surface area contributed by atoms with Gasteiger partial charge in [0.1, 0.15) is 6.04 Å². The molecule has 1 N–H and O–H groups in total. The monoisotopic (exact) mass is 310 g/mol. The van der Waals surface area contributed by atoms with Gasteiger partial charge in [-0.1, -0.05) is 35.0 Å². The second-order valence-corrected chi connectivity index (χ2v) is 5.26. The first-order chi connectivity index (χ1) is 8.60. The molecule has 0 bridgehead atoms. The van der Waals surface area contributed by atoms with Crippen LogP contribution in [0.1, 0.15) is 18.9 Å². The first-order valence-corrected chi connectivity index (χ1v) is 6.72. The Morgan fingerprint density at radius 2 is 2.00 bits per heavy atom. The van der Waals surface area contributed by atoms with Gasteiger partial charge >= 0.3 is 0 Å². The first kappa shape index (κ1) is 13.1. The molecule has 1 unspecified atom stereocenters. The number of benzene rings is 1. The quantitative estimate of drug-likeness (QED) is 0.923. The molecule has 96 valence electrons. The van der Waals surface area contributed by atoms with Crippen molar-refractivity contribution < 1.29 is 9.59 Å². The number of amides is 2. The standard InChI is InChI=1S/C13H15BrN2O2/c1-2-11-13(18)16(8-12(17)15-11)7-9-3-5-10(14)6-4-9/h3-6,11H,2,7-8H2,1H3,(H,15,17). The van der Waals surface area contributed by atoms with Crippen LogP contribution in [0.3, 0.4) is 0 Å². The Morgan fingerprint density at radius 1 is 1.33 bits per heavy atom. The minimum absolute atomic E-state index is 0.0000174. The van der Waals surface area contributed by atoms with E-state index < -0.39 is 0 Å². The number of nitrogens with one attached hydrogen (secondary N) is 1. The molecular formula is C13H15BrN2O2. The summed E-state index contributed by atoms with van der Waals surface area (Å²) < 4.78 is 1.00. The summed E-state index contributed by atoms with van der Waals surface area (Å²) in [5.74, 6) is -0.0846. The van der Waals surface area contributed by atoms with Crippen molar-refractivity contribution in [2.75, 3.05) is 6.54 Å². The summed E-state index contributed by atoms with van der Waals surface area (Å²) in [6, 6.07) is 7.39. The molecule has 0 aliphatic carbocycles. The number of rotatable bonds is 3. The van der Waals surface area contributed by atoms with Crippen LogP contribution in [0.2, 0.25) is 0 Å². The fourth-order valence-corrected chi connectivity index (χ4v) is 2.26. The van der Waals surface area contributed by atoms with Crippen LogP contribution in [-0.2, 0) is 16.1 Å². The summed E-state index contributed by atoms with van der Waals surface area (Å²) in [4.78, 5) is 25.2. The maximum Gasteiger partial charge on any atom is 0.245 e. The molecule has 0 radical (unpaired) electrons. The lowest BCUT2D eigenvalue weighted by Gasteiger charge is -2.32. The Hall–Kier alpha value is -1.36. The van der Waals surface area contributed by atoms with Gasteiger partial charge in [0.25, 0.3) is 0 Å². The van der Waals surface area contributed by atoms with Crippen molar-refractivity contribution in [3.63, 3.8) is 0 Å². The summed E-state index contributed by atoms with van der Waals surface area (Å²) in [6.45, 7) is 2.52. The molecule has 1 saturated heterocycles. The summed E-state index contributed by atoms with van der Waals surface area (Å²) in [7, 11) is 0. The largest absolute Gasteiger partial charge is 0.343 e. The fraction of sp³-hybridized carbons (Fsp3) is 0.385. The predicted octanol–water partition coefficient (Wildman–Crippen LogP) is 1.69. The van der Waals surface area contributed by atoms with Crippen LogP contribution in [0.4, 0.5) is 0 Å². The van der Waals surface area contributed by atoms with Gasteiger partial charge in [-0.2, -0.15) is 0 Å². The number of nitrogens with zero attached hydrogens (tertiary/aromatic N) is 1. The van der Waals surface area contributed by atoms with Crippen LogP contribution in [0, 0.1) is 0 Å². The molecule has 2 rings (SSSR count). The molecule has 0 saturated carbocycles. The highest BCUT2D eigenvalue weighted by Gasteiger charge is 2.31. The molecule has 1 aromatic carbocycles. The smallest absolute Gasteiger partial charge is 0.245 e. The maximum absolute atomic E-state index is 12.1. The van der Waals surface area contributed by atoms with E-state index >= 15 is 0 Å². The molecule has 2 amide bonds. The van der Waals surface area contributed by atoms with Gasteiger partial charge in [0.15, 0.2) is 0 Å². The zero-order chi connectivity index (χ0) is 13.1. The first-order valence-electron chi connectivity index (χ1n) is 5.92. The average molecular weight is 311 g/mol. The lowest BCUT2D eigenvalue weighted by Crippen LogP contribution is -2.57. The van der Waals surface area contributed by atoms with E-state index in [1.807, 2.05) is 31.2 Å². The van der Waals surface area contributed by atoms with Gasteiger partial charge in [-0.25, -0.2) is 0 Å². The van der Waals surface area contributed by atoms with Gasteiger partial charge in [0, 0.05) is 11.0 Å². The Labute approximate surface area is 114 Å². The van der Waals surface area contributed by atoms with Gasteiger partial charge < -0.3 is 10.2 Å². The van der Waals surface area contributed by atoms with Gasteiger partial charge in [-0.15, -0.1) is 0 Å². The molecule has 1 atom stereocenters. The van der Waals surface area contributed by atoms with Crippen LogP contribution >= 0.6 is 15.9 Å². The Balaban J connectivity index is 2.09. The molecule has 18 heavy (non-hydrogen) atoms. The van der Waals surface area contributed by atoms with E-state index in [0.29, 0.717) is 13.0 Å². The van der Waals surface area contributed by atoms with E-state index in [4.69, 9.17) is 0 Å². The van der Waals surface area contributed by atoms with E-state index in [0.717, 1.165) is 10.0 Å². The minimum Gasteiger partial charge on any atom is -0.343 e. The lowest BCUT2D eigenvalue weighted by molar-refractivity contribution is -0.144. The number of piperazine rings is 1. The highest BCUT2D eigenvalue weighted by Crippen LogP contribution is 2.14. The highest BCUT2D eigenvalue weighted by atomic mass is 79.9. The number of hydrogen-bond donors (Lipinski definition) is 1. The normalized spacial score (nSPS) is 19.9. The summed E-state index contributed by atoms with van der Waals surface area (Å²) in [5.41, 5.74) is 1.02. The van der Waals surface area contributed by atoms with Crippen LogP contribution in [-0.4, -0.2) is 29.3 Å². The van der Waals surface area contributed by atoms with Crippen LogP contribution < -0.4 is 5.32 Å². The van der Waals surface area contributed by atoms with E-state index in [1.165, 1.54) is 0 Å². The van der Waals surface area contributed by atoms with Crippen molar-refractivity contribution in [2.45, 2.75) is 25.9 Å². The minimum atomic E-state index is -0.373. The van der Waals surface area contributed by atoms with Crippen molar-refractivity contribution in [1.29, 1.82) is 0 Å². The summed E-state index contributed by atoms with van der Waals surface area (Å²) >= 11 is 3.37. The third-order valence-electron chi connectivity index (χ3n) is 2.97. The molecule has 1 aliphatic heterocycles. The fourth-order valence-electron chi connectivity index (χ4n) is 1.99.